The van der Waals surface area contributed by atoms with E-state index in [0.29, 0.717) is 12.2 Å². The maximum absolute atomic E-state index is 11.8. The quantitative estimate of drug-likeness (QED) is 0.787. The van der Waals surface area contributed by atoms with Crippen LogP contribution >= 0.6 is 0 Å². The van der Waals surface area contributed by atoms with Gasteiger partial charge in [0.15, 0.2) is 0 Å². The highest BCUT2D eigenvalue weighted by Crippen LogP contribution is 2.14. The zero-order chi connectivity index (χ0) is 13.6. The van der Waals surface area contributed by atoms with Gasteiger partial charge in [0.05, 0.1) is 25.0 Å². The minimum Gasteiger partial charge on any atom is -0.384 e. The van der Waals surface area contributed by atoms with Crippen LogP contribution in [0, 0.1) is 0 Å². The third kappa shape index (κ3) is 5.17. The zero-order valence-corrected chi connectivity index (χ0v) is 9.83. The molecule has 5 nitrogen and oxygen atoms in total. The van der Waals surface area contributed by atoms with E-state index in [4.69, 9.17) is 0 Å². The first-order valence-electron chi connectivity index (χ1n) is 5.38. The SMILES string of the molecule is CCNc1cnn(CCOCC(F)(F)F)c(=O)c1. The summed E-state index contributed by atoms with van der Waals surface area (Å²) in [5.74, 6) is 0. The van der Waals surface area contributed by atoms with Crippen LogP contribution in [-0.2, 0) is 11.3 Å². The molecule has 1 aromatic heterocycles. The molecule has 0 fully saturated rings. The van der Waals surface area contributed by atoms with Crippen molar-refractivity contribution in [2.24, 2.45) is 0 Å². The lowest BCUT2D eigenvalue weighted by Crippen LogP contribution is -2.26. The highest BCUT2D eigenvalue weighted by atomic mass is 19.4. The summed E-state index contributed by atoms with van der Waals surface area (Å²) < 4.78 is 40.8. The van der Waals surface area contributed by atoms with Crippen molar-refractivity contribution in [2.45, 2.75) is 19.6 Å². The number of halogens is 3. The Balaban J connectivity index is 2.46. The molecule has 0 aliphatic rings. The van der Waals surface area contributed by atoms with Crippen molar-refractivity contribution in [3.63, 3.8) is 0 Å². The van der Waals surface area contributed by atoms with Gasteiger partial charge in [-0.1, -0.05) is 0 Å². The first kappa shape index (κ1) is 14.5. The molecule has 1 heterocycles. The van der Waals surface area contributed by atoms with Crippen LogP contribution in [0.25, 0.3) is 0 Å². The minimum atomic E-state index is -4.35. The summed E-state index contributed by atoms with van der Waals surface area (Å²) >= 11 is 0. The van der Waals surface area contributed by atoms with E-state index in [-0.39, 0.29) is 18.7 Å². The summed E-state index contributed by atoms with van der Waals surface area (Å²) in [6.45, 7) is 0.974. The third-order valence-corrected chi connectivity index (χ3v) is 1.96. The fraction of sp³-hybridized carbons (Fsp3) is 0.600. The Morgan fingerprint density at radius 1 is 1.50 bits per heavy atom. The topological polar surface area (TPSA) is 56.1 Å². The number of aromatic nitrogens is 2. The van der Waals surface area contributed by atoms with Gasteiger partial charge in [0, 0.05) is 12.6 Å². The zero-order valence-electron chi connectivity index (χ0n) is 9.83. The van der Waals surface area contributed by atoms with Gasteiger partial charge in [0.2, 0.25) is 0 Å². The van der Waals surface area contributed by atoms with Crippen LogP contribution in [0.3, 0.4) is 0 Å². The van der Waals surface area contributed by atoms with Crippen molar-refractivity contribution in [1.82, 2.24) is 9.78 Å². The molecule has 0 saturated carbocycles. The number of hydrogen-bond donors (Lipinski definition) is 1. The molecular weight excluding hydrogens is 251 g/mol. The molecule has 1 N–H and O–H groups in total. The van der Waals surface area contributed by atoms with Crippen LogP contribution in [0.4, 0.5) is 18.9 Å². The lowest BCUT2D eigenvalue weighted by atomic mass is 10.4. The molecule has 0 bridgehead atoms. The molecule has 0 amide bonds. The van der Waals surface area contributed by atoms with E-state index in [1.807, 2.05) is 6.92 Å². The van der Waals surface area contributed by atoms with Gasteiger partial charge in [0.1, 0.15) is 6.61 Å². The molecule has 0 radical (unpaired) electrons. The standard InChI is InChI=1S/C10H14F3N3O2/c1-2-14-8-5-9(17)16(15-6-8)3-4-18-7-10(11,12)13/h5-6,14H,2-4,7H2,1H3. The summed E-state index contributed by atoms with van der Waals surface area (Å²) in [5.41, 5.74) is 0.194. The van der Waals surface area contributed by atoms with Gasteiger partial charge in [-0.15, -0.1) is 0 Å². The van der Waals surface area contributed by atoms with Crippen molar-refractivity contribution in [1.29, 1.82) is 0 Å². The molecule has 18 heavy (non-hydrogen) atoms. The number of hydrogen-bond acceptors (Lipinski definition) is 4. The minimum absolute atomic E-state index is 0.0126. The maximum Gasteiger partial charge on any atom is 0.411 e. The van der Waals surface area contributed by atoms with Gasteiger partial charge in [-0.3, -0.25) is 4.79 Å². The van der Waals surface area contributed by atoms with Crippen molar-refractivity contribution >= 4 is 5.69 Å². The molecule has 1 rings (SSSR count). The molecule has 0 aliphatic heterocycles. The van der Waals surface area contributed by atoms with Crippen LogP contribution < -0.4 is 10.9 Å². The molecule has 102 valence electrons. The Kier molecular flexibility index (Phi) is 5.14. The molecule has 0 saturated heterocycles. The van der Waals surface area contributed by atoms with Crippen LogP contribution in [0.2, 0.25) is 0 Å². The number of anilines is 1. The first-order valence-corrected chi connectivity index (χ1v) is 5.38. The second-order valence-corrected chi connectivity index (χ2v) is 3.50. The summed E-state index contributed by atoms with van der Waals surface area (Å²) in [6, 6.07) is 1.33. The van der Waals surface area contributed by atoms with E-state index in [2.05, 4.69) is 15.2 Å². The van der Waals surface area contributed by atoms with Gasteiger partial charge in [0.25, 0.3) is 5.56 Å². The number of rotatable bonds is 6. The largest absolute Gasteiger partial charge is 0.411 e. The van der Waals surface area contributed by atoms with Crippen LogP contribution in [0.5, 0.6) is 0 Å². The predicted octanol–water partition coefficient (Wildman–Crippen LogP) is 1.25. The highest BCUT2D eigenvalue weighted by Gasteiger charge is 2.27. The molecular formula is C10H14F3N3O2. The van der Waals surface area contributed by atoms with Crippen LogP contribution in [0.15, 0.2) is 17.1 Å². The smallest absolute Gasteiger partial charge is 0.384 e. The first-order chi connectivity index (χ1) is 8.42. The second-order valence-electron chi connectivity index (χ2n) is 3.50. The summed E-state index contributed by atoms with van der Waals surface area (Å²) in [6.07, 6.45) is -2.91. The van der Waals surface area contributed by atoms with Gasteiger partial charge in [-0.2, -0.15) is 18.3 Å². The van der Waals surface area contributed by atoms with Gasteiger partial charge >= 0.3 is 6.18 Å². The van der Waals surface area contributed by atoms with Crippen molar-refractivity contribution in [3.8, 4) is 0 Å². The summed E-state index contributed by atoms with van der Waals surface area (Å²) in [7, 11) is 0. The molecule has 1 aromatic rings. The molecule has 0 atom stereocenters. The van der Waals surface area contributed by atoms with E-state index < -0.39 is 12.8 Å². The van der Waals surface area contributed by atoms with Crippen LogP contribution in [0.1, 0.15) is 6.92 Å². The molecule has 0 aromatic carbocycles. The van der Waals surface area contributed by atoms with Crippen molar-refractivity contribution in [2.75, 3.05) is 25.1 Å². The Bertz CT molecular complexity index is 431. The van der Waals surface area contributed by atoms with Crippen molar-refractivity contribution < 1.29 is 17.9 Å². The number of alkyl halides is 3. The fourth-order valence-electron chi connectivity index (χ4n) is 1.24. The Morgan fingerprint density at radius 2 is 2.22 bits per heavy atom. The predicted molar refractivity (Wildman–Crippen MR) is 59.5 cm³/mol. The van der Waals surface area contributed by atoms with Gasteiger partial charge in [-0.05, 0) is 6.92 Å². The van der Waals surface area contributed by atoms with Gasteiger partial charge in [-0.25, -0.2) is 4.68 Å². The monoisotopic (exact) mass is 265 g/mol. The average Bonchev–Trinajstić information content (AvgIpc) is 2.26. The lowest BCUT2D eigenvalue weighted by molar-refractivity contribution is -0.174. The summed E-state index contributed by atoms with van der Waals surface area (Å²) in [5, 5.41) is 6.72. The molecule has 0 unspecified atom stereocenters. The number of ether oxygens (including phenoxy) is 1. The molecule has 8 heteroatoms. The van der Waals surface area contributed by atoms with Crippen LogP contribution in [-0.4, -0.2) is 35.7 Å². The molecule has 0 aliphatic carbocycles. The Labute approximate surface area is 102 Å². The van der Waals surface area contributed by atoms with Gasteiger partial charge < -0.3 is 10.1 Å². The third-order valence-electron chi connectivity index (χ3n) is 1.96. The summed E-state index contributed by atoms with van der Waals surface area (Å²) in [4.78, 5) is 11.5. The fourth-order valence-corrected chi connectivity index (χ4v) is 1.24. The Hall–Kier alpha value is -1.57. The highest BCUT2D eigenvalue weighted by molar-refractivity contribution is 5.38. The number of nitrogens with zero attached hydrogens (tertiary/aromatic N) is 2. The lowest BCUT2D eigenvalue weighted by Gasteiger charge is -2.09. The van der Waals surface area contributed by atoms with E-state index >= 15 is 0 Å². The molecule has 0 spiro atoms. The van der Waals surface area contributed by atoms with E-state index in [1.54, 1.807) is 0 Å². The number of nitrogens with one attached hydrogen (secondary N) is 1. The van der Waals surface area contributed by atoms with Crippen molar-refractivity contribution in [3.05, 3.63) is 22.6 Å². The second kappa shape index (κ2) is 6.39. The normalized spacial score (nSPS) is 11.6. The van der Waals surface area contributed by atoms with E-state index in [0.717, 1.165) is 4.68 Å². The Morgan fingerprint density at radius 3 is 2.78 bits per heavy atom. The van der Waals surface area contributed by atoms with E-state index in [9.17, 15) is 18.0 Å². The average molecular weight is 265 g/mol. The maximum atomic E-state index is 11.8. The van der Waals surface area contributed by atoms with E-state index in [1.165, 1.54) is 12.3 Å².